The molecule has 0 unspecified atom stereocenters. The molecular formula is C19H19N5O3. The standard InChI is InChI=1S/C19H19N5O3/c1-24-11-16(10-23-24)15-4-14(6-20-9-15)8-22-19(25)21-7-13-2-3-17-18(5-13)27-12-26-17/h2-6,9-11H,7-8,12H2,1H3,(H2,21,22,25). The van der Waals surface area contributed by atoms with Gasteiger partial charge in [-0.2, -0.15) is 5.10 Å². The second-order valence-electron chi connectivity index (χ2n) is 6.21. The van der Waals surface area contributed by atoms with Crippen LogP contribution < -0.4 is 20.1 Å². The maximum absolute atomic E-state index is 12.1. The number of ether oxygens (including phenoxy) is 2. The number of rotatable bonds is 5. The van der Waals surface area contributed by atoms with Gasteiger partial charge in [-0.1, -0.05) is 6.07 Å². The lowest BCUT2D eigenvalue weighted by molar-refractivity contribution is 0.174. The van der Waals surface area contributed by atoms with Crippen molar-refractivity contribution < 1.29 is 14.3 Å². The molecule has 0 saturated heterocycles. The Labute approximate surface area is 156 Å². The molecule has 1 aliphatic rings. The Bertz CT molecular complexity index is 969. The van der Waals surface area contributed by atoms with Crippen LogP contribution in [0.2, 0.25) is 0 Å². The van der Waals surface area contributed by atoms with Crippen molar-refractivity contribution in [2.24, 2.45) is 7.05 Å². The van der Waals surface area contributed by atoms with Gasteiger partial charge in [0, 0.05) is 49.9 Å². The molecule has 8 heteroatoms. The number of hydrogen-bond donors (Lipinski definition) is 2. The lowest BCUT2D eigenvalue weighted by Crippen LogP contribution is -2.34. The monoisotopic (exact) mass is 365 g/mol. The van der Waals surface area contributed by atoms with Crippen LogP contribution in [0.3, 0.4) is 0 Å². The molecule has 3 heterocycles. The molecule has 0 saturated carbocycles. The average Bonchev–Trinajstić information content (AvgIpc) is 3.33. The SMILES string of the molecule is Cn1cc(-c2cncc(CNC(=O)NCc3ccc4c(c3)OCO4)c2)cn1. The first kappa shape index (κ1) is 16.9. The van der Waals surface area contributed by atoms with Gasteiger partial charge in [-0.25, -0.2) is 4.79 Å². The minimum Gasteiger partial charge on any atom is -0.454 e. The van der Waals surface area contributed by atoms with Gasteiger partial charge in [-0.15, -0.1) is 0 Å². The van der Waals surface area contributed by atoms with E-state index >= 15 is 0 Å². The van der Waals surface area contributed by atoms with Crippen molar-refractivity contribution in [1.82, 2.24) is 25.4 Å². The Balaban J connectivity index is 1.30. The molecular weight excluding hydrogens is 346 g/mol. The van der Waals surface area contributed by atoms with Gasteiger partial charge in [0.2, 0.25) is 6.79 Å². The van der Waals surface area contributed by atoms with E-state index in [4.69, 9.17) is 9.47 Å². The molecule has 3 aromatic rings. The summed E-state index contributed by atoms with van der Waals surface area (Å²) in [6, 6.07) is 7.34. The fraction of sp³-hybridized carbons (Fsp3) is 0.211. The van der Waals surface area contributed by atoms with Crippen molar-refractivity contribution in [3.8, 4) is 22.6 Å². The summed E-state index contributed by atoms with van der Waals surface area (Å²) in [5.41, 5.74) is 3.80. The second kappa shape index (κ2) is 7.36. The maximum Gasteiger partial charge on any atom is 0.315 e. The first-order chi connectivity index (χ1) is 13.2. The lowest BCUT2D eigenvalue weighted by atomic mass is 10.1. The van der Waals surface area contributed by atoms with Gasteiger partial charge in [0.05, 0.1) is 6.20 Å². The predicted molar refractivity (Wildman–Crippen MR) is 98.1 cm³/mol. The van der Waals surface area contributed by atoms with Crippen molar-refractivity contribution in [2.45, 2.75) is 13.1 Å². The van der Waals surface area contributed by atoms with E-state index in [0.29, 0.717) is 18.8 Å². The van der Waals surface area contributed by atoms with Gasteiger partial charge in [0.15, 0.2) is 11.5 Å². The summed E-state index contributed by atoms with van der Waals surface area (Å²) < 4.78 is 12.4. The molecule has 138 valence electrons. The molecule has 0 fully saturated rings. The van der Waals surface area contributed by atoms with E-state index in [-0.39, 0.29) is 12.8 Å². The molecule has 8 nitrogen and oxygen atoms in total. The van der Waals surface area contributed by atoms with E-state index < -0.39 is 0 Å². The molecule has 1 aromatic carbocycles. The molecule has 1 aliphatic heterocycles. The number of aryl methyl sites for hydroxylation is 1. The number of amides is 2. The number of carbonyl (C=O) groups is 1. The second-order valence-corrected chi connectivity index (χ2v) is 6.21. The summed E-state index contributed by atoms with van der Waals surface area (Å²) in [5.74, 6) is 1.43. The average molecular weight is 365 g/mol. The minimum atomic E-state index is -0.251. The minimum absolute atomic E-state index is 0.235. The largest absolute Gasteiger partial charge is 0.454 e. The van der Waals surface area contributed by atoms with Gasteiger partial charge in [0.25, 0.3) is 0 Å². The Morgan fingerprint density at radius 2 is 1.85 bits per heavy atom. The Morgan fingerprint density at radius 1 is 1.04 bits per heavy atom. The molecule has 4 rings (SSSR count). The van der Waals surface area contributed by atoms with Crippen molar-refractivity contribution >= 4 is 6.03 Å². The molecule has 0 spiro atoms. The van der Waals surface area contributed by atoms with E-state index in [0.717, 1.165) is 28.0 Å². The van der Waals surface area contributed by atoms with Crippen molar-refractivity contribution in [1.29, 1.82) is 0 Å². The fourth-order valence-electron chi connectivity index (χ4n) is 2.79. The highest BCUT2D eigenvalue weighted by atomic mass is 16.7. The highest BCUT2D eigenvalue weighted by Crippen LogP contribution is 2.32. The number of aromatic nitrogens is 3. The van der Waals surface area contributed by atoms with Crippen LogP contribution in [-0.4, -0.2) is 27.6 Å². The van der Waals surface area contributed by atoms with E-state index in [1.165, 1.54) is 0 Å². The molecule has 0 atom stereocenters. The van der Waals surface area contributed by atoms with E-state index in [1.54, 1.807) is 23.3 Å². The van der Waals surface area contributed by atoms with Gasteiger partial charge >= 0.3 is 6.03 Å². The topological polar surface area (TPSA) is 90.3 Å². The van der Waals surface area contributed by atoms with Crippen molar-refractivity contribution in [2.75, 3.05) is 6.79 Å². The molecule has 2 amide bonds. The van der Waals surface area contributed by atoms with Gasteiger partial charge in [0.1, 0.15) is 0 Å². The van der Waals surface area contributed by atoms with Crippen LogP contribution >= 0.6 is 0 Å². The van der Waals surface area contributed by atoms with E-state index in [9.17, 15) is 4.79 Å². The third-order valence-corrected chi connectivity index (χ3v) is 4.18. The first-order valence-corrected chi connectivity index (χ1v) is 8.50. The zero-order chi connectivity index (χ0) is 18.6. The van der Waals surface area contributed by atoms with Crippen LogP contribution in [0.15, 0.2) is 49.1 Å². The number of fused-ring (bicyclic) bond motifs is 1. The quantitative estimate of drug-likeness (QED) is 0.723. The molecule has 0 aliphatic carbocycles. The van der Waals surface area contributed by atoms with Crippen LogP contribution in [0.1, 0.15) is 11.1 Å². The van der Waals surface area contributed by atoms with E-state index in [1.807, 2.05) is 37.5 Å². The summed E-state index contributed by atoms with van der Waals surface area (Å²) in [5, 5.41) is 9.83. The molecule has 2 N–H and O–H groups in total. The highest BCUT2D eigenvalue weighted by molar-refractivity contribution is 5.74. The van der Waals surface area contributed by atoms with Crippen LogP contribution in [-0.2, 0) is 20.1 Å². The van der Waals surface area contributed by atoms with Gasteiger partial charge in [-0.05, 0) is 29.3 Å². The van der Waals surface area contributed by atoms with Crippen LogP contribution in [0.25, 0.3) is 11.1 Å². The molecule has 2 aromatic heterocycles. The van der Waals surface area contributed by atoms with Crippen LogP contribution in [0.4, 0.5) is 4.79 Å². The highest BCUT2D eigenvalue weighted by Gasteiger charge is 2.13. The smallest absolute Gasteiger partial charge is 0.315 e. The first-order valence-electron chi connectivity index (χ1n) is 8.50. The Hall–Kier alpha value is -3.55. The number of carbonyl (C=O) groups excluding carboxylic acids is 1. The van der Waals surface area contributed by atoms with E-state index in [2.05, 4.69) is 20.7 Å². The van der Waals surface area contributed by atoms with Gasteiger partial charge in [-0.3, -0.25) is 9.67 Å². The van der Waals surface area contributed by atoms with Crippen LogP contribution in [0.5, 0.6) is 11.5 Å². The summed E-state index contributed by atoms with van der Waals surface area (Å²) in [6.45, 7) is 1.02. The molecule has 0 bridgehead atoms. The summed E-state index contributed by atoms with van der Waals surface area (Å²) in [4.78, 5) is 16.3. The Morgan fingerprint density at radius 3 is 2.67 bits per heavy atom. The predicted octanol–water partition coefficient (Wildman–Crippen LogP) is 2.21. The third-order valence-electron chi connectivity index (χ3n) is 4.18. The Kier molecular flexibility index (Phi) is 4.61. The zero-order valence-corrected chi connectivity index (χ0v) is 14.8. The number of benzene rings is 1. The molecule has 0 radical (unpaired) electrons. The molecule has 27 heavy (non-hydrogen) atoms. The van der Waals surface area contributed by atoms with Gasteiger partial charge < -0.3 is 20.1 Å². The zero-order valence-electron chi connectivity index (χ0n) is 14.8. The lowest BCUT2D eigenvalue weighted by Gasteiger charge is -2.09. The van der Waals surface area contributed by atoms with Crippen molar-refractivity contribution in [3.05, 3.63) is 60.2 Å². The summed E-state index contributed by atoms with van der Waals surface area (Å²) >= 11 is 0. The fourth-order valence-corrected chi connectivity index (χ4v) is 2.79. The number of urea groups is 1. The number of pyridine rings is 1. The number of nitrogens with zero attached hydrogens (tertiary/aromatic N) is 3. The number of nitrogens with one attached hydrogen (secondary N) is 2. The van der Waals surface area contributed by atoms with Crippen molar-refractivity contribution in [3.63, 3.8) is 0 Å². The third kappa shape index (κ3) is 4.00. The van der Waals surface area contributed by atoms with Crippen LogP contribution in [0, 0.1) is 0 Å². The summed E-state index contributed by atoms with van der Waals surface area (Å²) in [6.07, 6.45) is 7.22. The normalized spacial score (nSPS) is 12.0. The number of hydrogen-bond acceptors (Lipinski definition) is 5. The maximum atomic E-state index is 12.1. The summed E-state index contributed by atoms with van der Waals surface area (Å²) in [7, 11) is 1.87.